The first-order valence-electron chi connectivity index (χ1n) is 10.0. The first-order valence-corrected chi connectivity index (χ1v) is 10.4. The Morgan fingerprint density at radius 2 is 1.66 bits per heavy atom. The van der Waals surface area contributed by atoms with Gasteiger partial charge in [-0.1, -0.05) is 29.8 Å². The van der Waals surface area contributed by atoms with Gasteiger partial charge < -0.3 is 15.4 Å². The molecule has 0 saturated heterocycles. The number of hydrogen-bond donors (Lipinski definition) is 2. The number of hydrogen-bond acceptors (Lipinski definition) is 4. The van der Waals surface area contributed by atoms with E-state index in [0.29, 0.717) is 22.0 Å². The summed E-state index contributed by atoms with van der Waals surface area (Å²) in [4.78, 5) is 24.4. The second kappa shape index (κ2) is 11.2. The highest BCUT2D eigenvalue weighted by molar-refractivity contribution is 6.30. The van der Waals surface area contributed by atoms with Crippen LogP contribution in [-0.4, -0.2) is 18.4 Å². The SMILES string of the molecule is N#C/C(=C\c1ccc(OCC(=O)Nc2ccc(Cl)cc2)cc1)C(=O)Nc1cccc(C(F)(F)F)c1. The fourth-order valence-corrected chi connectivity index (χ4v) is 2.95. The lowest BCUT2D eigenvalue weighted by atomic mass is 10.1. The van der Waals surface area contributed by atoms with E-state index in [1.165, 1.54) is 12.1 Å². The molecular weight excluding hydrogens is 483 g/mol. The number of carbonyl (C=O) groups excluding carboxylic acids is 2. The van der Waals surface area contributed by atoms with Crippen molar-refractivity contribution >= 4 is 40.9 Å². The third kappa shape index (κ3) is 7.62. The maximum atomic E-state index is 12.8. The van der Waals surface area contributed by atoms with Crippen molar-refractivity contribution in [2.24, 2.45) is 0 Å². The zero-order valence-corrected chi connectivity index (χ0v) is 18.7. The first-order chi connectivity index (χ1) is 16.6. The maximum Gasteiger partial charge on any atom is 0.416 e. The highest BCUT2D eigenvalue weighted by atomic mass is 35.5. The summed E-state index contributed by atoms with van der Waals surface area (Å²) in [6.07, 6.45) is -3.28. The lowest BCUT2D eigenvalue weighted by Gasteiger charge is -2.09. The van der Waals surface area contributed by atoms with Crippen LogP contribution in [0.3, 0.4) is 0 Å². The summed E-state index contributed by atoms with van der Waals surface area (Å²) in [5.41, 5.74) is -0.283. The monoisotopic (exact) mass is 499 g/mol. The second-order valence-corrected chi connectivity index (χ2v) is 7.55. The number of amides is 2. The minimum absolute atomic E-state index is 0.0911. The number of benzene rings is 3. The van der Waals surface area contributed by atoms with E-state index in [1.54, 1.807) is 54.6 Å². The molecule has 35 heavy (non-hydrogen) atoms. The number of nitriles is 1. The number of alkyl halides is 3. The van der Waals surface area contributed by atoms with E-state index in [9.17, 15) is 28.0 Å². The standard InChI is InChI=1S/C25H17ClF3N3O3/c26-19-6-8-20(9-7-19)31-23(33)15-35-22-10-4-16(5-11-22)12-17(14-30)24(34)32-21-3-1-2-18(13-21)25(27,28)29/h1-13H,15H2,(H,31,33)(H,32,34)/b17-12+. The van der Waals surface area contributed by atoms with Crippen molar-refractivity contribution in [3.63, 3.8) is 0 Å². The van der Waals surface area contributed by atoms with Gasteiger partial charge in [-0.15, -0.1) is 0 Å². The molecule has 0 aliphatic rings. The molecule has 3 rings (SSSR count). The van der Waals surface area contributed by atoms with Gasteiger partial charge >= 0.3 is 6.18 Å². The van der Waals surface area contributed by atoms with E-state index in [0.717, 1.165) is 18.2 Å². The second-order valence-electron chi connectivity index (χ2n) is 7.12. The number of ether oxygens (including phenoxy) is 1. The van der Waals surface area contributed by atoms with Crippen LogP contribution in [0.1, 0.15) is 11.1 Å². The summed E-state index contributed by atoms with van der Waals surface area (Å²) in [6.45, 7) is -0.249. The van der Waals surface area contributed by atoms with Gasteiger partial charge in [0.1, 0.15) is 17.4 Å². The van der Waals surface area contributed by atoms with Gasteiger partial charge in [-0.25, -0.2) is 0 Å². The van der Waals surface area contributed by atoms with Crippen LogP contribution in [0.4, 0.5) is 24.5 Å². The Bertz CT molecular complexity index is 1280. The summed E-state index contributed by atoms with van der Waals surface area (Å²) in [7, 11) is 0. The molecule has 3 aromatic carbocycles. The molecule has 0 saturated carbocycles. The molecule has 0 unspecified atom stereocenters. The number of nitrogens with one attached hydrogen (secondary N) is 2. The summed E-state index contributed by atoms with van der Waals surface area (Å²) < 4.78 is 44.0. The van der Waals surface area contributed by atoms with Crippen molar-refractivity contribution in [3.05, 3.63) is 94.5 Å². The van der Waals surface area contributed by atoms with Crippen LogP contribution in [0.5, 0.6) is 5.75 Å². The van der Waals surface area contributed by atoms with E-state index in [-0.39, 0.29) is 23.8 Å². The Kier molecular flexibility index (Phi) is 8.12. The van der Waals surface area contributed by atoms with Gasteiger partial charge in [0.2, 0.25) is 0 Å². The van der Waals surface area contributed by atoms with E-state index in [1.807, 2.05) is 0 Å². The number of carbonyl (C=O) groups is 2. The Morgan fingerprint density at radius 3 is 2.29 bits per heavy atom. The third-order valence-corrected chi connectivity index (χ3v) is 4.75. The summed E-state index contributed by atoms with van der Waals surface area (Å²) in [5, 5.41) is 14.8. The van der Waals surface area contributed by atoms with Crippen LogP contribution >= 0.6 is 11.6 Å². The topological polar surface area (TPSA) is 91.2 Å². The van der Waals surface area contributed by atoms with Gasteiger partial charge in [0.05, 0.1) is 5.56 Å². The number of nitrogens with zero attached hydrogens (tertiary/aromatic N) is 1. The lowest BCUT2D eigenvalue weighted by Crippen LogP contribution is -2.20. The highest BCUT2D eigenvalue weighted by Crippen LogP contribution is 2.30. The summed E-state index contributed by atoms with van der Waals surface area (Å²) >= 11 is 5.80. The predicted octanol–water partition coefficient (Wildman–Crippen LogP) is 5.92. The molecule has 0 heterocycles. The van der Waals surface area contributed by atoms with Crippen LogP contribution in [0.25, 0.3) is 6.08 Å². The van der Waals surface area contributed by atoms with E-state index < -0.39 is 17.6 Å². The van der Waals surface area contributed by atoms with Crippen LogP contribution < -0.4 is 15.4 Å². The van der Waals surface area contributed by atoms with Crippen LogP contribution in [0.15, 0.2) is 78.4 Å². The molecule has 0 aliphatic heterocycles. The minimum atomic E-state index is -4.56. The zero-order chi connectivity index (χ0) is 25.4. The molecule has 0 radical (unpaired) electrons. The number of rotatable bonds is 7. The molecule has 178 valence electrons. The van der Waals surface area contributed by atoms with Crippen molar-refractivity contribution in [1.82, 2.24) is 0 Å². The van der Waals surface area contributed by atoms with Crippen LogP contribution in [0.2, 0.25) is 5.02 Å². The molecule has 0 bridgehead atoms. The molecule has 0 atom stereocenters. The van der Waals surface area contributed by atoms with Gasteiger partial charge in [-0.3, -0.25) is 9.59 Å². The normalized spacial score (nSPS) is 11.3. The quantitative estimate of drug-likeness (QED) is 0.312. The molecule has 0 fully saturated rings. The fraction of sp³-hybridized carbons (Fsp3) is 0.0800. The maximum absolute atomic E-state index is 12.8. The fourth-order valence-electron chi connectivity index (χ4n) is 2.83. The van der Waals surface area contributed by atoms with Crippen LogP contribution in [0, 0.1) is 11.3 Å². The van der Waals surface area contributed by atoms with Crippen LogP contribution in [-0.2, 0) is 15.8 Å². The Balaban J connectivity index is 1.59. The molecule has 10 heteroatoms. The Morgan fingerprint density at radius 1 is 0.971 bits per heavy atom. The molecule has 0 aliphatic carbocycles. The van der Waals surface area contributed by atoms with E-state index in [4.69, 9.17) is 16.3 Å². The van der Waals surface area contributed by atoms with Crippen molar-refractivity contribution in [2.45, 2.75) is 6.18 Å². The Labute approximate surface area is 203 Å². The molecule has 2 N–H and O–H groups in total. The molecular formula is C25H17ClF3N3O3. The smallest absolute Gasteiger partial charge is 0.416 e. The van der Waals surface area contributed by atoms with Crippen molar-refractivity contribution < 1.29 is 27.5 Å². The third-order valence-electron chi connectivity index (χ3n) is 4.50. The summed E-state index contributed by atoms with van der Waals surface area (Å²) in [6, 6.07) is 18.6. The Hall–Kier alpha value is -4.29. The average molecular weight is 500 g/mol. The largest absolute Gasteiger partial charge is 0.484 e. The van der Waals surface area contributed by atoms with E-state index >= 15 is 0 Å². The van der Waals surface area contributed by atoms with E-state index in [2.05, 4.69) is 10.6 Å². The van der Waals surface area contributed by atoms with Gasteiger partial charge in [0.15, 0.2) is 6.61 Å². The average Bonchev–Trinajstić information content (AvgIpc) is 2.83. The van der Waals surface area contributed by atoms with Gasteiger partial charge in [0.25, 0.3) is 11.8 Å². The predicted molar refractivity (Wildman–Crippen MR) is 126 cm³/mol. The molecule has 6 nitrogen and oxygen atoms in total. The van der Waals surface area contributed by atoms with Gasteiger partial charge in [-0.05, 0) is 66.2 Å². The van der Waals surface area contributed by atoms with Crippen molar-refractivity contribution in [2.75, 3.05) is 17.2 Å². The van der Waals surface area contributed by atoms with Gasteiger partial charge in [-0.2, -0.15) is 18.4 Å². The van der Waals surface area contributed by atoms with Crippen molar-refractivity contribution in [3.8, 4) is 11.8 Å². The molecule has 3 aromatic rings. The van der Waals surface area contributed by atoms with Crippen molar-refractivity contribution in [1.29, 1.82) is 5.26 Å². The highest BCUT2D eigenvalue weighted by Gasteiger charge is 2.30. The lowest BCUT2D eigenvalue weighted by molar-refractivity contribution is -0.137. The first kappa shape index (κ1) is 25.3. The van der Waals surface area contributed by atoms with Gasteiger partial charge in [0, 0.05) is 16.4 Å². The number of halogens is 4. The summed E-state index contributed by atoms with van der Waals surface area (Å²) in [5.74, 6) is -0.860. The zero-order valence-electron chi connectivity index (χ0n) is 17.9. The molecule has 0 aromatic heterocycles. The molecule has 0 spiro atoms. The minimum Gasteiger partial charge on any atom is -0.484 e. The molecule has 2 amide bonds. The number of anilines is 2.